The Labute approximate surface area is 144 Å². The van der Waals surface area contributed by atoms with Gasteiger partial charge in [-0.25, -0.2) is 0 Å². The van der Waals surface area contributed by atoms with E-state index in [0.29, 0.717) is 31.3 Å². The van der Waals surface area contributed by atoms with Gasteiger partial charge in [0, 0.05) is 38.5 Å². The summed E-state index contributed by atoms with van der Waals surface area (Å²) in [6.45, 7) is 8.56. The Bertz CT molecular complexity index is 497. The zero-order valence-electron chi connectivity index (χ0n) is 14.8. The highest BCUT2D eigenvalue weighted by molar-refractivity contribution is 5.76. The summed E-state index contributed by atoms with van der Waals surface area (Å²) >= 11 is 0. The van der Waals surface area contributed by atoms with Gasteiger partial charge >= 0.3 is 0 Å². The minimum absolute atomic E-state index is 0.0401. The van der Waals surface area contributed by atoms with Crippen molar-refractivity contribution in [3.63, 3.8) is 0 Å². The zero-order chi connectivity index (χ0) is 16.8. The lowest BCUT2D eigenvalue weighted by Crippen LogP contribution is -2.40. The summed E-state index contributed by atoms with van der Waals surface area (Å²) in [6, 6.07) is 1.92. The molecule has 1 aromatic rings. The number of aromatic nitrogens is 2. The van der Waals surface area contributed by atoms with Crippen LogP contribution in [0.25, 0.3) is 0 Å². The third-order valence-corrected chi connectivity index (χ3v) is 5.27. The molecule has 0 aliphatic carbocycles. The third-order valence-electron chi connectivity index (χ3n) is 5.27. The number of likely N-dealkylation sites (tertiary alicyclic amines) is 1. The predicted molar refractivity (Wildman–Crippen MR) is 92.6 cm³/mol. The molecule has 6 nitrogen and oxygen atoms in total. The topological polar surface area (TPSA) is 50.6 Å². The van der Waals surface area contributed by atoms with Crippen molar-refractivity contribution in [2.24, 2.45) is 5.92 Å². The lowest BCUT2D eigenvalue weighted by atomic mass is 9.93. The summed E-state index contributed by atoms with van der Waals surface area (Å²) in [5.74, 6) is 0.856. The maximum absolute atomic E-state index is 12.8. The smallest absolute Gasteiger partial charge is 0.222 e. The molecular weight excluding hydrogens is 304 g/mol. The Hall–Kier alpha value is -1.40. The maximum Gasteiger partial charge on any atom is 0.222 e. The summed E-state index contributed by atoms with van der Waals surface area (Å²) in [7, 11) is 0. The van der Waals surface area contributed by atoms with Gasteiger partial charge in [-0.2, -0.15) is 5.10 Å². The predicted octanol–water partition coefficient (Wildman–Crippen LogP) is 1.62. The number of hydrogen-bond donors (Lipinski definition) is 0. The molecule has 1 unspecified atom stereocenters. The molecule has 1 atom stereocenters. The molecule has 1 amide bonds. The van der Waals surface area contributed by atoms with Gasteiger partial charge in [-0.15, -0.1) is 0 Å². The van der Waals surface area contributed by atoms with E-state index >= 15 is 0 Å². The Balaban J connectivity index is 1.49. The molecule has 2 saturated heterocycles. The van der Waals surface area contributed by atoms with Gasteiger partial charge in [-0.05, 0) is 50.9 Å². The van der Waals surface area contributed by atoms with E-state index in [-0.39, 0.29) is 6.10 Å². The Morgan fingerprint density at radius 3 is 2.83 bits per heavy atom. The lowest BCUT2D eigenvalue weighted by Gasteiger charge is -2.32. The Morgan fingerprint density at radius 1 is 1.29 bits per heavy atom. The molecule has 2 aliphatic heterocycles. The zero-order valence-corrected chi connectivity index (χ0v) is 14.8. The first-order chi connectivity index (χ1) is 11.7. The number of nitrogens with zero attached hydrogens (tertiary/aromatic N) is 4. The molecule has 0 saturated carbocycles. The fourth-order valence-electron chi connectivity index (χ4n) is 3.73. The molecule has 3 heterocycles. The largest absolute Gasteiger partial charge is 0.374 e. The van der Waals surface area contributed by atoms with Crippen LogP contribution < -0.4 is 0 Å². The quantitative estimate of drug-likeness (QED) is 0.821. The van der Waals surface area contributed by atoms with E-state index in [1.165, 1.54) is 0 Å². The van der Waals surface area contributed by atoms with Gasteiger partial charge < -0.3 is 14.5 Å². The van der Waals surface area contributed by atoms with Crippen molar-refractivity contribution in [1.82, 2.24) is 19.6 Å². The van der Waals surface area contributed by atoms with E-state index in [0.717, 1.165) is 52.0 Å². The Kier molecular flexibility index (Phi) is 6.26. The summed E-state index contributed by atoms with van der Waals surface area (Å²) in [6.07, 6.45) is 7.70. The van der Waals surface area contributed by atoms with Crippen LogP contribution in [0.1, 0.15) is 32.6 Å². The van der Waals surface area contributed by atoms with E-state index in [1.807, 2.05) is 21.8 Å². The van der Waals surface area contributed by atoms with Gasteiger partial charge in [-0.1, -0.05) is 6.92 Å². The van der Waals surface area contributed by atoms with Crippen LogP contribution in [0.2, 0.25) is 0 Å². The van der Waals surface area contributed by atoms with E-state index in [2.05, 4.69) is 16.9 Å². The average molecular weight is 334 g/mol. The van der Waals surface area contributed by atoms with Crippen LogP contribution in [0, 0.1) is 5.92 Å². The standard InChI is InChI=1S/C18H30N4O2/c1-2-20-10-5-16(6-11-20)13-18(23)21-8-4-12-24-17(14-21)15-22-9-3-7-19-22/h3,7,9,16-17H,2,4-6,8,10-15H2,1H3. The number of carbonyl (C=O) groups is 1. The summed E-state index contributed by atoms with van der Waals surface area (Å²) in [4.78, 5) is 17.2. The molecule has 134 valence electrons. The van der Waals surface area contributed by atoms with Crippen LogP contribution in [-0.4, -0.2) is 70.9 Å². The highest BCUT2D eigenvalue weighted by atomic mass is 16.5. The van der Waals surface area contributed by atoms with Crippen LogP contribution in [0.5, 0.6) is 0 Å². The lowest BCUT2D eigenvalue weighted by molar-refractivity contribution is -0.133. The van der Waals surface area contributed by atoms with Gasteiger partial charge in [0.15, 0.2) is 0 Å². The first kappa shape index (κ1) is 17.4. The molecule has 0 spiro atoms. The summed E-state index contributed by atoms with van der Waals surface area (Å²) in [5, 5.41) is 4.25. The molecule has 24 heavy (non-hydrogen) atoms. The van der Waals surface area contributed by atoms with Crippen LogP contribution >= 0.6 is 0 Å². The molecule has 0 aromatic carbocycles. The van der Waals surface area contributed by atoms with Gasteiger partial charge in [0.2, 0.25) is 5.91 Å². The molecule has 1 aromatic heterocycles. The highest BCUT2D eigenvalue weighted by Crippen LogP contribution is 2.22. The second-order valence-corrected chi connectivity index (χ2v) is 7.00. The van der Waals surface area contributed by atoms with Crippen LogP contribution in [0.15, 0.2) is 18.5 Å². The van der Waals surface area contributed by atoms with Gasteiger partial charge in [0.05, 0.1) is 12.6 Å². The second kappa shape index (κ2) is 8.62. The first-order valence-electron chi connectivity index (χ1n) is 9.33. The molecular formula is C18H30N4O2. The number of carbonyl (C=O) groups excluding carboxylic acids is 1. The van der Waals surface area contributed by atoms with Crippen LogP contribution in [0.3, 0.4) is 0 Å². The van der Waals surface area contributed by atoms with Crippen LogP contribution in [0.4, 0.5) is 0 Å². The fourth-order valence-corrected chi connectivity index (χ4v) is 3.73. The highest BCUT2D eigenvalue weighted by Gasteiger charge is 2.26. The van der Waals surface area contributed by atoms with E-state index < -0.39 is 0 Å². The monoisotopic (exact) mass is 334 g/mol. The third kappa shape index (κ3) is 4.80. The molecule has 0 radical (unpaired) electrons. The number of piperidine rings is 1. The van der Waals surface area contributed by atoms with Crippen molar-refractivity contribution in [3.05, 3.63) is 18.5 Å². The number of hydrogen-bond acceptors (Lipinski definition) is 4. The van der Waals surface area contributed by atoms with Crippen molar-refractivity contribution in [3.8, 4) is 0 Å². The normalized spacial score (nSPS) is 24.0. The summed E-state index contributed by atoms with van der Waals surface area (Å²) < 4.78 is 7.80. The van der Waals surface area contributed by atoms with Crippen molar-refractivity contribution in [2.75, 3.05) is 39.3 Å². The van der Waals surface area contributed by atoms with Crippen molar-refractivity contribution >= 4 is 5.91 Å². The minimum Gasteiger partial charge on any atom is -0.374 e. The van der Waals surface area contributed by atoms with Crippen molar-refractivity contribution < 1.29 is 9.53 Å². The van der Waals surface area contributed by atoms with Gasteiger partial charge in [0.25, 0.3) is 0 Å². The summed E-state index contributed by atoms with van der Waals surface area (Å²) in [5.41, 5.74) is 0. The number of amides is 1. The maximum atomic E-state index is 12.8. The average Bonchev–Trinajstić information content (AvgIpc) is 2.99. The molecule has 2 fully saturated rings. The van der Waals surface area contributed by atoms with E-state index in [4.69, 9.17) is 4.74 Å². The van der Waals surface area contributed by atoms with Crippen molar-refractivity contribution in [1.29, 1.82) is 0 Å². The van der Waals surface area contributed by atoms with Gasteiger partial charge in [-0.3, -0.25) is 9.48 Å². The van der Waals surface area contributed by atoms with Crippen LogP contribution in [-0.2, 0) is 16.1 Å². The van der Waals surface area contributed by atoms with Crippen molar-refractivity contribution in [2.45, 2.75) is 45.3 Å². The molecule has 2 aliphatic rings. The molecule has 0 N–H and O–H groups in total. The SMILES string of the molecule is CCN1CCC(CC(=O)N2CCCOC(Cn3cccn3)C2)CC1. The number of rotatable bonds is 5. The van der Waals surface area contributed by atoms with Gasteiger partial charge in [0.1, 0.15) is 0 Å². The van der Waals surface area contributed by atoms with E-state index in [9.17, 15) is 4.79 Å². The molecule has 6 heteroatoms. The minimum atomic E-state index is 0.0401. The Morgan fingerprint density at radius 2 is 2.12 bits per heavy atom. The van der Waals surface area contributed by atoms with E-state index in [1.54, 1.807) is 6.20 Å². The molecule has 3 rings (SSSR count). The first-order valence-corrected chi connectivity index (χ1v) is 9.33. The number of ether oxygens (including phenoxy) is 1. The molecule has 0 bridgehead atoms. The fraction of sp³-hybridized carbons (Fsp3) is 0.778. The second-order valence-electron chi connectivity index (χ2n) is 7.00.